The molecule has 0 amide bonds. The molecule has 0 aliphatic heterocycles. The predicted octanol–water partition coefficient (Wildman–Crippen LogP) is 4.14. The van der Waals surface area contributed by atoms with Crippen molar-refractivity contribution in [1.82, 2.24) is 5.32 Å². The lowest BCUT2D eigenvalue weighted by Gasteiger charge is -2.25. The molecule has 0 aromatic heterocycles. The highest BCUT2D eigenvalue weighted by Gasteiger charge is 2.12. The molecule has 2 nitrogen and oxygen atoms in total. The Morgan fingerprint density at radius 3 is 2.18 bits per heavy atom. The van der Waals surface area contributed by atoms with Gasteiger partial charge in [0.25, 0.3) is 0 Å². The quantitative estimate of drug-likeness (QED) is 0.582. The van der Waals surface area contributed by atoms with Crippen molar-refractivity contribution in [2.24, 2.45) is 0 Å². The minimum Gasteiger partial charge on any atom is -0.377 e. The van der Waals surface area contributed by atoms with E-state index in [0.717, 1.165) is 19.6 Å². The molecule has 0 aromatic rings. The zero-order valence-corrected chi connectivity index (χ0v) is 12.6. The summed E-state index contributed by atoms with van der Waals surface area (Å²) in [5, 5.41) is 3.51. The van der Waals surface area contributed by atoms with Crippen LogP contribution in [-0.4, -0.2) is 24.8 Å². The third kappa shape index (κ3) is 12.2. The van der Waals surface area contributed by atoms with Gasteiger partial charge >= 0.3 is 0 Å². The minimum atomic E-state index is 0.192. The fraction of sp³-hybridized carbons (Fsp3) is 1.00. The summed E-state index contributed by atoms with van der Waals surface area (Å²) in [6, 6.07) is 0. The number of hydrogen-bond acceptors (Lipinski definition) is 2. The van der Waals surface area contributed by atoms with Crippen LogP contribution in [0.4, 0.5) is 0 Å². The molecule has 0 aliphatic carbocycles. The standard InChI is InChI=1S/C15H33NO/c1-6-8-9-10-11-12-17-14(7-2)13-16-15(3,4)5/h14,16H,6-13H2,1-5H3. The molecule has 0 bridgehead atoms. The van der Waals surface area contributed by atoms with Gasteiger partial charge in [0.05, 0.1) is 6.10 Å². The molecule has 17 heavy (non-hydrogen) atoms. The van der Waals surface area contributed by atoms with E-state index in [0.29, 0.717) is 6.10 Å². The lowest BCUT2D eigenvalue weighted by molar-refractivity contribution is 0.0441. The third-order valence-electron chi connectivity index (χ3n) is 2.92. The van der Waals surface area contributed by atoms with Gasteiger partial charge in [0.15, 0.2) is 0 Å². The van der Waals surface area contributed by atoms with E-state index < -0.39 is 0 Å². The van der Waals surface area contributed by atoms with Crippen LogP contribution in [0, 0.1) is 0 Å². The monoisotopic (exact) mass is 243 g/mol. The summed E-state index contributed by atoms with van der Waals surface area (Å²) in [5.41, 5.74) is 0.192. The second kappa shape index (κ2) is 9.90. The smallest absolute Gasteiger partial charge is 0.0697 e. The Labute approximate surface area is 109 Å². The van der Waals surface area contributed by atoms with E-state index in [9.17, 15) is 0 Å². The van der Waals surface area contributed by atoms with Crippen LogP contribution >= 0.6 is 0 Å². The Bertz CT molecular complexity index is 163. The van der Waals surface area contributed by atoms with Gasteiger partial charge in [-0.2, -0.15) is 0 Å². The van der Waals surface area contributed by atoms with Crippen molar-refractivity contribution < 1.29 is 4.74 Å². The first-order valence-corrected chi connectivity index (χ1v) is 7.36. The van der Waals surface area contributed by atoms with Gasteiger partial charge in [-0.3, -0.25) is 0 Å². The molecular formula is C15H33NO. The molecule has 0 saturated carbocycles. The maximum atomic E-state index is 5.90. The first-order valence-electron chi connectivity index (χ1n) is 7.36. The van der Waals surface area contributed by atoms with Crippen LogP contribution < -0.4 is 5.32 Å². The summed E-state index contributed by atoms with van der Waals surface area (Å²) >= 11 is 0. The summed E-state index contributed by atoms with van der Waals surface area (Å²) in [6.07, 6.45) is 8.04. The highest BCUT2D eigenvalue weighted by Crippen LogP contribution is 2.06. The van der Waals surface area contributed by atoms with Crippen molar-refractivity contribution in [2.45, 2.75) is 84.8 Å². The maximum Gasteiger partial charge on any atom is 0.0697 e. The Morgan fingerprint density at radius 2 is 1.65 bits per heavy atom. The van der Waals surface area contributed by atoms with Gasteiger partial charge in [-0.25, -0.2) is 0 Å². The lowest BCUT2D eigenvalue weighted by atomic mass is 10.1. The van der Waals surface area contributed by atoms with Crippen LogP contribution in [0.1, 0.15) is 73.1 Å². The minimum absolute atomic E-state index is 0.192. The van der Waals surface area contributed by atoms with Gasteiger partial charge in [0, 0.05) is 18.7 Å². The van der Waals surface area contributed by atoms with Gasteiger partial charge in [-0.15, -0.1) is 0 Å². The molecule has 0 fully saturated rings. The molecule has 0 aromatic carbocycles. The number of nitrogens with one attached hydrogen (secondary N) is 1. The largest absolute Gasteiger partial charge is 0.377 e. The van der Waals surface area contributed by atoms with Crippen LogP contribution in [0.25, 0.3) is 0 Å². The van der Waals surface area contributed by atoms with Crippen molar-refractivity contribution in [1.29, 1.82) is 0 Å². The van der Waals surface area contributed by atoms with E-state index in [1.807, 2.05) is 0 Å². The topological polar surface area (TPSA) is 21.3 Å². The number of rotatable bonds is 10. The Hall–Kier alpha value is -0.0800. The predicted molar refractivity (Wildman–Crippen MR) is 76.5 cm³/mol. The highest BCUT2D eigenvalue weighted by atomic mass is 16.5. The van der Waals surface area contributed by atoms with Gasteiger partial charge in [0.2, 0.25) is 0 Å². The molecule has 0 saturated heterocycles. The van der Waals surface area contributed by atoms with E-state index >= 15 is 0 Å². The van der Waals surface area contributed by atoms with E-state index in [4.69, 9.17) is 4.74 Å². The number of hydrogen-bond donors (Lipinski definition) is 1. The average molecular weight is 243 g/mol. The van der Waals surface area contributed by atoms with Crippen molar-refractivity contribution in [2.75, 3.05) is 13.2 Å². The van der Waals surface area contributed by atoms with Crippen molar-refractivity contribution in [3.8, 4) is 0 Å². The summed E-state index contributed by atoms with van der Waals surface area (Å²) < 4.78 is 5.90. The second-order valence-electron chi connectivity index (χ2n) is 5.95. The highest BCUT2D eigenvalue weighted by molar-refractivity contribution is 4.72. The molecule has 104 valence electrons. The van der Waals surface area contributed by atoms with Crippen LogP contribution in [-0.2, 0) is 4.74 Å². The third-order valence-corrected chi connectivity index (χ3v) is 2.92. The second-order valence-corrected chi connectivity index (χ2v) is 5.95. The number of ether oxygens (including phenoxy) is 1. The molecule has 2 heteroatoms. The van der Waals surface area contributed by atoms with E-state index in [-0.39, 0.29) is 5.54 Å². The van der Waals surface area contributed by atoms with Gasteiger partial charge in [-0.1, -0.05) is 39.5 Å². The van der Waals surface area contributed by atoms with Gasteiger partial charge in [-0.05, 0) is 33.6 Å². The summed E-state index contributed by atoms with van der Waals surface area (Å²) in [6.45, 7) is 12.9. The van der Waals surface area contributed by atoms with Crippen molar-refractivity contribution >= 4 is 0 Å². The maximum absolute atomic E-state index is 5.90. The molecule has 1 atom stereocenters. The van der Waals surface area contributed by atoms with Crippen LogP contribution in [0.3, 0.4) is 0 Å². The van der Waals surface area contributed by atoms with E-state index in [1.54, 1.807) is 0 Å². The summed E-state index contributed by atoms with van der Waals surface area (Å²) in [4.78, 5) is 0. The molecule has 0 rings (SSSR count). The first kappa shape index (κ1) is 16.9. The van der Waals surface area contributed by atoms with Gasteiger partial charge in [0.1, 0.15) is 0 Å². The molecule has 0 spiro atoms. The summed E-state index contributed by atoms with van der Waals surface area (Å²) in [7, 11) is 0. The van der Waals surface area contributed by atoms with Crippen molar-refractivity contribution in [3.63, 3.8) is 0 Å². The fourth-order valence-electron chi connectivity index (χ4n) is 1.70. The first-order chi connectivity index (χ1) is 7.99. The van der Waals surface area contributed by atoms with Crippen LogP contribution in [0.15, 0.2) is 0 Å². The SMILES string of the molecule is CCCCCCCOC(CC)CNC(C)(C)C. The van der Waals surface area contributed by atoms with Crippen LogP contribution in [0.5, 0.6) is 0 Å². The Morgan fingerprint density at radius 1 is 1.00 bits per heavy atom. The lowest BCUT2D eigenvalue weighted by Crippen LogP contribution is -2.41. The molecule has 0 radical (unpaired) electrons. The van der Waals surface area contributed by atoms with E-state index in [1.165, 1.54) is 32.1 Å². The molecule has 1 N–H and O–H groups in total. The molecule has 1 unspecified atom stereocenters. The Kier molecular flexibility index (Phi) is 9.85. The molecule has 0 aliphatic rings. The normalized spacial score (nSPS) is 13.9. The van der Waals surface area contributed by atoms with Gasteiger partial charge < -0.3 is 10.1 Å². The molecule has 0 heterocycles. The number of unbranched alkanes of at least 4 members (excludes halogenated alkanes) is 4. The zero-order valence-electron chi connectivity index (χ0n) is 12.6. The fourth-order valence-corrected chi connectivity index (χ4v) is 1.70. The van der Waals surface area contributed by atoms with Crippen molar-refractivity contribution in [3.05, 3.63) is 0 Å². The Balaban J connectivity index is 3.48. The van der Waals surface area contributed by atoms with Crippen LogP contribution in [0.2, 0.25) is 0 Å². The zero-order chi connectivity index (χ0) is 13.1. The molecular weight excluding hydrogens is 210 g/mol. The summed E-state index contributed by atoms with van der Waals surface area (Å²) in [5.74, 6) is 0. The van der Waals surface area contributed by atoms with E-state index in [2.05, 4.69) is 39.9 Å². The average Bonchev–Trinajstić information content (AvgIpc) is 2.26.